The summed E-state index contributed by atoms with van der Waals surface area (Å²) in [5.74, 6) is -1.26. The fourth-order valence-corrected chi connectivity index (χ4v) is 1.31. The second kappa shape index (κ2) is 2.07. The molecule has 0 fully saturated rings. The van der Waals surface area contributed by atoms with Crippen LogP contribution >= 0.6 is 0 Å². The topological polar surface area (TPSA) is 43.4 Å². The second-order valence-corrected chi connectivity index (χ2v) is 3.28. The summed E-state index contributed by atoms with van der Waals surface area (Å²) in [5, 5.41) is 0. The Kier molecular flexibility index (Phi) is 1.54. The molecule has 52 valence electrons. The molecular weight excluding hydrogens is 147 g/mol. The molecule has 1 aliphatic heterocycles. The van der Waals surface area contributed by atoms with Crippen molar-refractivity contribution < 1.29 is 17.0 Å². The fraction of sp³-hybridized carbons (Fsp3) is 0.500. The number of hydrogen-bond acceptors (Lipinski definition) is 3. The lowest BCUT2D eigenvalue weighted by Gasteiger charge is -2.06. The highest BCUT2D eigenvalue weighted by molar-refractivity contribution is 7.86. The van der Waals surface area contributed by atoms with Crippen molar-refractivity contribution in [2.24, 2.45) is 0 Å². The lowest BCUT2D eigenvalue weighted by atomic mass is 10.5. The molecule has 1 rings (SSSR count). The average molecular weight is 152 g/mol. The standard InChI is InChI=1S/C4H5FO3S/c5-4-1-2-8-9(6,7)3-4/h1H,2-3H2. The zero-order valence-corrected chi connectivity index (χ0v) is 5.32. The van der Waals surface area contributed by atoms with Crippen molar-refractivity contribution in [3.8, 4) is 0 Å². The quantitative estimate of drug-likeness (QED) is 0.466. The monoisotopic (exact) mass is 152 g/mol. The van der Waals surface area contributed by atoms with Crippen LogP contribution in [0.4, 0.5) is 4.39 Å². The molecule has 0 N–H and O–H groups in total. The molecule has 0 amide bonds. The summed E-state index contributed by atoms with van der Waals surface area (Å²) in [6.45, 7) is -0.172. The van der Waals surface area contributed by atoms with Crippen LogP contribution in [0.1, 0.15) is 0 Å². The van der Waals surface area contributed by atoms with E-state index >= 15 is 0 Å². The highest BCUT2D eigenvalue weighted by Gasteiger charge is 2.17. The molecule has 5 heteroatoms. The molecule has 1 heterocycles. The van der Waals surface area contributed by atoms with E-state index in [2.05, 4.69) is 4.18 Å². The maximum atomic E-state index is 12.1. The molecule has 0 spiro atoms. The zero-order chi connectivity index (χ0) is 6.91. The third-order valence-electron chi connectivity index (χ3n) is 0.867. The fourth-order valence-electron chi connectivity index (χ4n) is 0.498. The van der Waals surface area contributed by atoms with Crippen molar-refractivity contribution in [3.63, 3.8) is 0 Å². The SMILES string of the molecule is O=S1(=O)CC(F)=CCO1. The first-order valence-electron chi connectivity index (χ1n) is 2.32. The lowest BCUT2D eigenvalue weighted by Crippen LogP contribution is -2.15. The van der Waals surface area contributed by atoms with Gasteiger partial charge in [0.05, 0.1) is 6.61 Å². The van der Waals surface area contributed by atoms with E-state index in [1.807, 2.05) is 0 Å². The maximum absolute atomic E-state index is 12.1. The summed E-state index contributed by atoms with van der Waals surface area (Å²) in [7, 11) is -3.58. The van der Waals surface area contributed by atoms with Crippen LogP contribution < -0.4 is 0 Å². The number of rotatable bonds is 0. The predicted octanol–water partition coefficient (Wildman–Crippen LogP) is 0.200. The van der Waals surface area contributed by atoms with E-state index in [0.29, 0.717) is 0 Å². The van der Waals surface area contributed by atoms with Gasteiger partial charge < -0.3 is 0 Å². The molecule has 1 aliphatic rings. The molecule has 0 bridgehead atoms. The largest absolute Gasteiger partial charge is 0.274 e. The van der Waals surface area contributed by atoms with Crippen LogP contribution in [0.3, 0.4) is 0 Å². The Morgan fingerprint density at radius 3 is 2.67 bits per heavy atom. The van der Waals surface area contributed by atoms with Crippen molar-refractivity contribution in [2.45, 2.75) is 0 Å². The predicted molar refractivity (Wildman–Crippen MR) is 28.9 cm³/mol. The van der Waals surface area contributed by atoms with Gasteiger partial charge in [0.15, 0.2) is 0 Å². The first kappa shape index (κ1) is 6.70. The normalized spacial score (nSPS) is 25.2. The molecule has 0 aromatic rings. The molecule has 0 unspecified atom stereocenters. The Labute approximate surface area is 52.3 Å². The van der Waals surface area contributed by atoms with Crippen LogP contribution in [-0.4, -0.2) is 20.8 Å². The second-order valence-electron chi connectivity index (χ2n) is 1.64. The minimum Gasteiger partial charge on any atom is -0.265 e. The molecule has 0 radical (unpaired) electrons. The van der Waals surface area contributed by atoms with Gasteiger partial charge in [0, 0.05) is 0 Å². The summed E-state index contributed by atoms with van der Waals surface area (Å²) in [4.78, 5) is 0. The van der Waals surface area contributed by atoms with Gasteiger partial charge in [-0.2, -0.15) is 8.42 Å². The lowest BCUT2D eigenvalue weighted by molar-refractivity contribution is 0.344. The summed E-state index contributed by atoms with van der Waals surface area (Å²) < 4.78 is 37.0. The smallest absolute Gasteiger partial charge is 0.265 e. The van der Waals surface area contributed by atoms with Gasteiger partial charge in [-0.15, -0.1) is 0 Å². The third kappa shape index (κ3) is 1.76. The van der Waals surface area contributed by atoms with E-state index in [0.717, 1.165) is 6.08 Å². The van der Waals surface area contributed by atoms with Gasteiger partial charge in [-0.1, -0.05) is 0 Å². The minimum atomic E-state index is -3.58. The highest BCUT2D eigenvalue weighted by atomic mass is 32.2. The maximum Gasteiger partial charge on any atom is 0.274 e. The summed E-state index contributed by atoms with van der Waals surface area (Å²) >= 11 is 0. The molecule has 0 aliphatic carbocycles. The molecule has 3 nitrogen and oxygen atoms in total. The molecule has 0 saturated heterocycles. The zero-order valence-electron chi connectivity index (χ0n) is 4.50. The van der Waals surface area contributed by atoms with Crippen molar-refractivity contribution in [3.05, 3.63) is 11.9 Å². The molecule has 0 saturated carbocycles. The van der Waals surface area contributed by atoms with E-state index in [1.54, 1.807) is 0 Å². The van der Waals surface area contributed by atoms with Crippen LogP contribution in [0.2, 0.25) is 0 Å². The van der Waals surface area contributed by atoms with Crippen molar-refractivity contribution >= 4 is 10.1 Å². The highest BCUT2D eigenvalue weighted by Crippen LogP contribution is 2.09. The van der Waals surface area contributed by atoms with Gasteiger partial charge >= 0.3 is 0 Å². The first-order chi connectivity index (χ1) is 4.10. The summed E-state index contributed by atoms with van der Waals surface area (Å²) in [6, 6.07) is 0. The van der Waals surface area contributed by atoms with Crippen molar-refractivity contribution in [1.82, 2.24) is 0 Å². The Bertz CT molecular complexity index is 228. The summed E-state index contributed by atoms with van der Waals surface area (Å²) in [6.07, 6.45) is 1.10. The first-order valence-corrected chi connectivity index (χ1v) is 3.89. The Balaban J connectivity index is 2.83. The minimum absolute atomic E-state index is 0.172. The third-order valence-corrected chi connectivity index (χ3v) is 1.99. The van der Waals surface area contributed by atoms with E-state index in [1.165, 1.54) is 0 Å². The average Bonchev–Trinajstić information content (AvgIpc) is 1.60. The van der Waals surface area contributed by atoms with E-state index in [4.69, 9.17) is 0 Å². The van der Waals surface area contributed by atoms with Gasteiger partial charge in [0.2, 0.25) is 0 Å². The van der Waals surface area contributed by atoms with Crippen molar-refractivity contribution in [1.29, 1.82) is 0 Å². The van der Waals surface area contributed by atoms with Crippen LogP contribution in [0.15, 0.2) is 11.9 Å². The summed E-state index contributed by atoms with van der Waals surface area (Å²) in [5.41, 5.74) is 0. The van der Waals surface area contributed by atoms with E-state index in [-0.39, 0.29) is 6.61 Å². The van der Waals surface area contributed by atoms with E-state index in [9.17, 15) is 12.8 Å². The molecular formula is C4H5FO3S. The van der Waals surface area contributed by atoms with Crippen LogP contribution in [0, 0.1) is 0 Å². The van der Waals surface area contributed by atoms with E-state index < -0.39 is 21.7 Å². The van der Waals surface area contributed by atoms with Crippen LogP contribution in [0.5, 0.6) is 0 Å². The molecule has 0 aromatic carbocycles. The molecule has 9 heavy (non-hydrogen) atoms. The molecule has 0 aromatic heterocycles. The Morgan fingerprint density at radius 1 is 1.67 bits per heavy atom. The van der Waals surface area contributed by atoms with Gasteiger partial charge in [-0.05, 0) is 6.08 Å². The van der Waals surface area contributed by atoms with Crippen LogP contribution in [-0.2, 0) is 14.3 Å². The van der Waals surface area contributed by atoms with Gasteiger partial charge in [0.25, 0.3) is 10.1 Å². The molecule has 0 atom stereocenters. The van der Waals surface area contributed by atoms with Gasteiger partial charge in [-0.3, -0.25) is 4.18 Å². The number of hydrogen-bond donors (Lipinski definition) is 0. The number of halogens is 1. The Hall–Kier alpha value is -0.420. The van der Waals surface area contributed by atoms with Crippen molar-refractivity contribution in [2.75, 3.05) is 12.4 Å². The Morgan fingerprint density at radius 2 is 2.33 bits per heavy atom. The van der Waals surface area contributed by atoms with Crippen LogP contribution in [0.25, 0.3) is 0 Å². The van der Waals surface area contributed by atoms with Gasteiger partial charge in [0.1, 0.15) is 11.6 Å². The van der Waals surface area contributed by atoms with Gasteiger partial charge in [-0.25, -0.2) is 4.39 Å².